The Labute approximate surface area is 108 Å². The quantitative estimate of drug-likeness (QED) is 0.827. The van der Waals surface area contributed by atoms with Crippen molar-refractivity contribution in [2.45, 2.75) is 34.1 Å². The number of nitrogens with zero attached hydrogens (tertiary/aromatic N) is 1. The summed E-state index contributed by atoms with van der Waals surface area (Å²) in [6, 6.07) is 6.97. The Bertz CT molecular complexity index is 504. The van der Waals surface area contributed by atoms with Gasteiger partial charge in [0.2, 0.25) is 0 Å². The molecule has 3 nitrogen and oxygen atoms in total. The number of hydrogen-bond acceptors (Lipinski definition) is 3. The van der Waals surface area contributed by atoms with Crippen LogP contribution < -0.4 is 4.74 Å². The lowest BCUT2D eigenvalue weighted by molar-refractivity contribution is 0.316. The molecule has 1 radical (unpaired) electrons. The minimum absolute atomic E-state index is 0.634. The predicted molar refractivity (Wildman–Crippen MR) is 69.9 cm³/mol. The van der Waals surface area contributed by atoms with E-state index in [-0.39, 0.29) is 0 Å². The van der Waals surface area contributed by atoms with Gasteiger partial charge in [0, 0.05) is 12.0 Å². The highest BCUT2D eigenvalue weighted by atomic mass is 16.5. The number of hydrogen-bond donors (Lipinski definition) is 0. The maximum atomic E-state index is 5.86. The molecule has 2 rings (SSSR count). The van der Waals surface area contributed by atoms with Gasteiger partial charge in [-0.3, -0.25) is 0 Å². The molecule has 95 valence electrons. The molecule has 1 aromatic carbocycles. The average molecular weight is 244 g/mol. The number of benzene rings is 1. The van der Waals surface area contributed by atoms with Gasteiger partial charge in [-0.1, -0.05) is 5.16 Å². The Morgan fingerprint density at radius 2 is 1.83 bits per heavy atom. The molecule has 0 atom stereocenters. The highest BCUT2D eigenvalue weighted by molar-refractivity contribution is 5.39. The largest absolute Gasteiger partial charge is 0.493 e. The highest BCUT2D eigenvalue weighted by Crippen LogP contribution is 2.22. The topological polar surface area (TPSA) is 35.3 Å². The zero-order chi connectivity index (χ0) is 13.1. The molecule has 2 aromatic rings. The van der Waals surface area contributed by atoms with Crippen LogP contribution in [0, 0.1) is 33.8 Å². The van der Waals surface area contributed by atoms with Crippen LogP contribution in [-0.2, 0) is 6.42 Å². The van der Waals surface area contributed by atoms with Gasteiger partial charge in [-0.05, 0) is 57.0 Å². The van der Waals surface area contributed by atoms with Gasteiger partial charge < -0.3 is 9.26 Å². The summed E-state index contributed by atoms with van der Waals surface area (Å²) < 4.78 is 11.0. The van der Waals surface area contributed by atoms with Crippen molar-refractivity contribution in [1.29, 1.82) is 0 Å². The summed E-state index contributed by atoms with van der Waals surface area (Å²) in [6.07, 6.45) is 0.818. The minimum atomic E-state index is 0.634. The number of aryl methyl sites for hydroxylation is 4. The SMILES string of the molecule is Cc1c[c]cc(C)c1OCCc1c(C)noc1C. The summed E-state index contributed by atoms with van der Waals surface area (Å²) in [6.45, 7) is 8.60. The maximum absolute atomic E-state index is 5.86. The third kappa shape index (κ3) is 2.55. The lowest BCUT2D eigenvalue weighted by Gasteiger charge is -2.11. The molecule has 0 bridgehead atoms. The normalized spacial score (nSPS) is 10.7. The van der Waals surface area contributed by atoms with Crippen LogP contribution >= 0.6 is 0 Å². The van der Waals surface area contributed by atoms with Crippen molar-refractivity contribution >= 4 is 0 Å². The summed E-state index contributed by atoms with van der Waals surface area (Å²) in [5.74, 6) is 1.84. The molecule has 0 spiro atoms. The summed E-state index contributed by atoms with van der Waals surface area (Å²) in [5.41, 5.74) is 4.33. The number of ether oxygens (including phenoxy) is 1. The summed E-state index contributed by atoms with van der Waals surface area (Å²) in [7, 11) is 0. The summed E-state index contributed by atoms with van der Waals surface area (Å²) >= 11 is 0. The zero-order valence-corrected chi connectivity index (χ0v) is 11.3. The van der Waals surface area contributed by atoms with Gasteiger partial charge >= 0.3 is 0 Å². The fourth-order valence-electron chi connectivity index (χ4n) is 2.08. The van der Waals surface area contributed by atoms with Gasteiger partial charge in [0.05, 0.1) is 12.3 Å². The molecule has 0 aliphatic carbocycles. The van der Waals surface area contributed by atoms with Gasteiger partial charge in [-0.25, -0.2) is 0 Å². The second-order valence-corrected chi connectivity index (χ2v) is 4.55. The van der Waals surface area contributed by atoms with Crippen LogP contribution in [0.1, 0.15) is 28.1 Å². The molecule has 3 heteroatoms. The third-order valence-electron chi connectivity index (χ3n) is 3.10. The van der Waals surface area contributed by atoms with Crippen molar-refractivity contribution in [1.82, 2.24) is 5.16 Å². The molecule has 18 heavy (non-hydrogen) atoms. The summed E-state index contributed by atoms with van der Waals surface area (Å²) in [5, 5.41) is 3.94. The minimum Gasteiger partial charge on any atom is -0.493 e. The van der Waals surface area contributed by atoms with E-state index in [9.17, 15) is 0 Å². The zero-order valence-electron chi connectivity index (χ0n) is 11.3. The van der Waals surface area contributed by atoms with E-state index in [1.807, 2.05) is 39.8 Å². The fourth-order valence-corrected chi connectivity index (χ4v) is 2.08. The second-order valence-electron chi connectivity index (χ2n) is 4.55. The van der Waals surface area contributed by atoms with Crippen molar-refractivity contribution in [3.8, 4) is 5.75 Å². The molecule has 1 aromatic heterocycles. The Kier molecular flexibility index (Phi) is 3.70. The van der Waals surface area contributed by atoms with Crippen molar-refractivity contribution in [3.05, 3.63) is 46.3 Å². The molecule has 0 saturated heterocycles. The van der Waals surface area contributed by atoms with E-state index in [0.717, 1.165) is 40.3 Å². The van der Waals surface area contributed by atoms with E-state index in [1.54, 1.807) is 0 Å². The van der Waals surface area contributed by atoms with E-state index >= 15 is 0 Å². The second kappa shape index (κ2) is 5.25. The average Bonchev–Trinajstić information content (AvgIpc) is 2.64. The summed E-state index contributed by atoms with van der Waals surface area (Å²) in [4.78, 5) is 0. The van der Waals surface area contributed by atoms with Gasteiger partial charge in [0.15, 0.2) is 0 Å². The van der Waals surface area contributed by atoms with Crippen LogP contribution in [0.3, 0.4) is 0 Å². The van der Waals surface area contributed by atoms with E-state index < -0.39 is 0 Å². The van der Waals surface area contributed by atoms with Crippen LogP contribution in [0.4, 0.5) is 0 Å². The molecule has 1 heterocycles. The van der Waals surface area contributed by atoms with Gasteiger partial charge in [0.1, 0.15) is 11.5 Å². The van der Waals surface area contributed by atoms with Crippen LogP contribution in [0.25, 0.3) is 0 Å². The van der Waals surface area contributed by atoms with Crippen molar-refractivity contribution < 1.29 is 9.26 Å². The van der Waals surface area contributed by atoms with E-state index in [0.29, 0.717) is 6.61 Å². The smallest absolute Gasteiger partial charge is 0.137 e. The van der Waals surface area contributed by atoms with Crippen LogP contribution in [0.5, 0.6) is 5.75 Å². The van der Waals surface area contributed by atoms with Crippen molar-refractivity contribution in [3.63, 3.8) is 0 Å². The molecule has 0 N–H and O–H groups in total. The van der Waals surface area contributed by atoms with Gasteiger partial charge in [-0.15, -0.1) is 0 Å². The Hall–Kier alpha value is -1.77. The monoisotopic (exact) mass is 244 g/mol. The molecular formula is C15H18NO2. The van der Waals surface area contributed by atoms with E-state index in [4.69, 9.17) is 9.26 Å². The fraction of sp³-hybridized carbons (Fsp3) is 0.400. The van der Waals surface area contributed by atoms with E-state index in [1.165, 1.54) is 0 Å². The first-order valence-corrected chi connectivity index (χ1v) is 6.11. The van der Waals surface area contributed by atoms with Crippen LogP contribution in [0.15, 0.2) is 16.7 Å². The first kappa shape index (κ1) is 12.7. The Balaban J connectivity index is 2.01. The molecule has 0 aliphatic rings. The highest BCUT2D eigenvalue weighted by Gasteiger charge is 2.09. The molecule has 0 saturated carbocycles. The third-order valence-corrected chi connectivity index (χ3v) is 3.10. The lowest BCUT2D eigenvalue weighted by atomic mass is 10.1. The van der Waals surface area contributed by atoms with Gasteiger partial charge in [0.25, 0.3) is 0 Å². The number of rotatable bonds is 4. The predicted octanol–water partition coefficient (Wildman–Crippen LogP) is 3.33. The molecular weight excluding hydrogens is 226 g/mol. The van der Waals surface area contributed by atoms with Crippen LogP contribution in [0.2, 0.25) is 0 Å². The maximum Gasteiger partial charge on any atom is 0.137 e. The van der Waals surface area contributed by atoms with E-state index in [2.05, 4.69) is 11.2 Å². The first-order chi connectivity index (χ1) is 8.59. The molecule has 0 fully saturated rings. The standard InChI is InChI=1S/C15H18NO2/c1-10-6-5-7-11(2)15(10)17-9-8-14-12(3)16-18-13(14)4/h6-7H,8-9H2,1-4H3. The van der Waals surface area contributed by atoms with Crippen molar-refractivity contribution in [2.24, 2.45) is 0 Å². The van der Waals surface area contributed by atoms with Gasteiger partial charge in [-0.2, -0.15) is 0 Å². The Morgan fingerprint density at radius 3 is 2.39 bits per heavy atom. The number of aromatic nitrogens is 1. The Morgan fingerprint density at radius 1 is 1.17 bits per heavy atom. The molecule has 0 amide bonds. The molecule has 0 unspecified atom stereocenters. The van der Waals surface area contributed by atoms with Crippen molar-refractivity contribution in [2.75, 3.05) is 6.61 Å². The lowest BCUT2D eigenvalue weighted by Crippen LogP contribution is -2.05. The molecule has 0 aliphatic heterocycles. The van der Waals surface area contributed by atoms with Crippen LogP contribution in [-0.4, -0.2) is 11.8 Å². The first-order valence-electron chi connectivity index (χ1n) is 6.11.